The number of rotatable bonds is 6. The van der Waals surface area contributed by atoms with Gasteiger partial charge in [0.25, 0.3) is 0 Å². The number of halogens is 1. The van der Waals surface area contributed by atoms with Gasteiger partial charge in [0.2, 0.25) is 0 Å². The molecule has 156 valence electrons. The standard InChI is InChI=1S/C18H26FN3O6/c19-11-9-22(18(26)21-16(11)20)17-15(25)14(24)12(28-17)8-13(23)27-7-6-10-4-2-1-3-5-10/h9-10,12,14-15,17,24-25H,1-8H2,(H2,20,21,26)/t12-,14-,15-,17-/m1/s1. The lowest BCUT2D eigenvalue weighted by molar-refractivity contribution is -0.149. The summed E-state index contributed by atoms with van der Waals surface area (Å²) in [5.74, 6) is -1.54. The van der Waals surface area contributed by atoms with Crippen LogP contribution in [-0.2, 0) is 14.3 Å². The van der Waals surface area contributed by atoms with Crippen LogP contribution in [0.2, 0.25) is 0 Å². The lowest BCUT2D eigenvalue weighted by Crippen LogP contribution is -2.36. The SMILES string of the molecule is Nc1nc(=O)n([C@@H]2O[C@H](CC(=O)OCCC3CCCCC3)[C@@H](O)[C@H]2O)cc1F. The van der Waals surface area contributed by atoms with Crippen molar-refractivity contribution in [3.05, 3.63) is 22.5 Å². The van der Waals surface area contributed by atoms with Gasteiger partial charge in [-0.3, -0.25) is 9.36 Å². The van der Waals surface area contributed by atoms with Gasteiger partial charge in [0.15, 0.2) is 17.9 Å². The molecule has 0 radical (unpaired) electrons. The lowest BCUT2D eigenvalue weighted by atomic mass is 9.87. The topological polar surface area (TPSA) is 137 Å². The number of nitrogen functional groups attached to an aromatic ring is 1. The quantitative estimate of drug-likeness (QED) is 0.588. The Morgan fingerprint density at radius 1 is 1.32 bits per heavy atom. The Bertz CT molecular complexity index is 751. The average molecular weight is 399 g/mol. The number of aliphatic hydroxyl groups is 2. The molecule has 1 saturated heterocycles. The highest BCUT2D eigenvalue weighted by atomic mass is 19.1. The van der Waals surface area contributed by atoms with Gasteiger partial charge in [-0.2, -0.15) is 4.98 Å². The molecular formula is C18H26FN3O6. The molecule has 9 nitrogen and oxygen atoms in total. The number of hydrogen-bond acceptors (Lipinski definition) is 8. The van der Waals surface area contributed by atoms with Crippen molar-refractivity contribution in [2.24, 2.45) is 5.92 Å². The molecule has 0 amide bonds. The summed E-state index contributed by atoms with van der Waals surface area (Å²) in [6.45, 7) is 0.296. The number of esters is 1. The summed E-state index contributed by atoms with van der Waals surface area (Å²) in [7, 11) is 0. The molecule has 28 heavy (non-hydrogen) atoms. The van der Waals surface area contributed by atoms with Crippen LogP contribution < -0.4 is 11.4 Å². The highest BCUT2D eigenvalue weighted by Gasteiger charge is 2.45. The van der Waals surface area contributed by atoms with Crippen molar-refractivity contribution in [2.75, 3.05) is 12.3 Å². The van der Waals surface area contributed by atoms with Crippen LogP contribution in [0, 0.1) is 11.7 Å². The zero-order chi connectivity index (χ0) is 20.3. The zero-order valence-corrected chi connectivity index (χ0v) is 15.5. The molecule has 1 aliphatic heterocycles. The largest absolute Gasteiger partial charge is 0.466 e. The van der Waals surface area contributed by atoms with E-state index >= 15 is 0 Å². The second kappa shape index (κ2) is 8.97. The van der Waals surface area contributed by atoms with Crippen molar-refractivity contribution in [2.45, 2.75) is 69.5 Å². The number of aromatic nitrogens is 2. The first-order valence-electron chi connectivity index (χ1n) is 9.58. The van der Waals surface area contributed by atoms with Gasteiger partial charge < -0.3 is 25.4 Å². The molecule has 0 spiro atoms. The molecular weight excluding hydrogens is 373 g/mol. The van der Waals surface area contributed by atoms with Gasteiger partial charge in [0.1, 0.15) is 12.2 Å². The monoisotopic (exact) mass is 399 g/mol. The second-order valence-corrected chi connectivity index (χ2v) is 7.43. The van der Waals surface area contributed by atoms with E-state index in [2.05, 4.69) is 4.98 Å². The van der Waals surface area contributed by atoms with Crippen molar-refractivity contribution in [1.29, 1.82) is 0 Å². The molecule has 4 N–H and O–H groups in total. The van der Waals surface area contributed by atoms with Crippen LogP contribution in [-0.4, -0.2) is 50.7 Å². The van der Waals surface area contributed by atoms with E-state index in [1.54, 1.807) is 0 Å². The van der Waals surface area contributed by atoms with Crippen LogP contribution in [0.4, 0.5) is 10.2 Å². The van der Waals surface area contributed by atoms with Crippen molar-refractivity contribution in [1.82, 2.24) is 9.55 Å². The van der Waals surface area contributed by atoms with E-state index in [-0.39, 0.29) is 6.42 Å². The number of nitrogens with two attached hydrogens (primary N) is 1. The number of anilines is 1. The highest BCUT2D eigenvalue weighted by molar-refractivity contribution is 5.70. The minimum absolute atomic E-state index is 0.293. The van der Waals surface area contributed by atoms with E-state index in [0.717, 1.165) is 25.5 Å². The summed E-state index contributed by atoms with van der Waals surface area (Å²) in [5, 5.41) is 20.3. The predicted molar refractivity (Wildman–Crippen MR) is 95.6 cm³/mol. The Labute approximate surface area is 161 Å². The summed E-state index contributed by atoms with van der Waals surface area (Å²) >= 11 is 0. The smallest absolute Gasteiger partial charge is 0.351 e. The third-order valence-electron chi connectivity index (χ3n) is 5.43. The maximum Gasteiger partial charge on any atom is 0.351 e. The van der Waals surface area contributed by atoms with E-state index < -0.39 is 47.8 Å². The Kier molecular flexibility index (Phi) is 6.63. The van der Waals surface area contributed by atoms with Gasteiger partial charge in [-0.25, -0.2) is 9.18 Å². The first-order valence-corrected chi connectivity index (χ1v) is 9.58. The number of aliphatic hydroxyl groups excluding tert-OH is 2. The van der Waals surface area contributed by atoms with Crippen LogP contribution in [0.5, 0.6) is 0 Å². The molecule has 0 aromatic carbocycles. The normalized spacial score (nSPS) is 28.4. The summed E-state index contributed by atoms with van der Waals surface area (Å²) < 4.78 is 25.0. The summed E-state index contributed by atoms with van der Waals surface area (Å²) in [6, 6.07) is 0. The summed E-state index contributed by atoms with van der Waals surface area (Å²) in [5.41, 5.74) is 4.29. The van der Waals surface area contributed by atoms with Crippen molar-refractivity contribution >= 4 is 11.8 Å². The van der Waals surface area contributed by atoms with Crippen molar-refractivity contribution in [3.8, 4) is 0 Å². The average Bonchev–Trinajstić information content (AvgIpc) is 2.94. The second-order valence-electron chi connectivity index (χ2n) is 7.43. The fraction of sp³-hybridized carbons (Fsp3) is 0.722. The van der Waals surface area contributed by atoms with Gasteiger partial charge >= 0.3 is 11.7 Å². The molecule has 1 saturated carbocycles. The minimum Gasteiger partial charge on any atom is -0.466 e. The van der Waals surface area contributed by atoms with E-state index in [9.17, 15) is 24.2 Å². The Morgan fingerprint density at radius 2 is 2.04 bits per heavy atom. The van der Waals surface area contributed by atoms with Crippen LogP contribution in [0.25, 0.3) is 0 Å². The third kappa shape index (κ3) is 4.68. The maximum atomic E-state index is 13.6. The van der Waals surface area contributed by atoms with Crippen molar-refractivity contribution in [3.63, 3.8) is 0 Å². The molecule has 2 fully saturated rings. The Morgan fingerprint density at radius 3 is 2.75 bits per heavy atom. The number of carbonyl (C=O) groups is 1. The molecule has 10 heteroatoms. The number of hydrogen-bond donors (Lipinski definition) is 3. The first kappa shape index (κ1) is 20.7. The molecule has 0 unspecified atom stereocenters. The Balaban J connectivity index is 1.54. The van der Waals surface area contributed by atoms with E-state index in [1.807, 2.05) is 0 Å². The molecule has 4 atom stereocenters. The molecule has 0 bridgehead atoms. The predicted octanol–water partition coefficient (Wildman–Crippen LogP) is 0.487. The van der Waals surface area contributed by atoms with Gasteiger partial charge in [-0.15, -0.1) is 0 Å². The fourth-order valence-corrected chi connectivity index (χ4v) is 3.81. The van der Waals surface area contributed by atoms with Gasteiger partial charge in [0.05, 0.1) is 25.3 Å². The lowest BCUT2D eigenvalue weighted by Gasteiger charge is -2.21. The summed E-state index contributed by atoms with van der Waals surface area (Å²) in [6.07, 6.45) is 1.78. The van der Waals surface area contributed by atoms with Crippen LogP contribution in [0.15, 0.2) is 11.0 Å². The van der Waals surface area contributed by atoms with Crippen molar-refractivity contribution < 1.29 is 28.9 Å². The van der Waals surface area contributed by atoms with Gasteiger partial charge in [-0.1, -0.05) is 32.1 Å². The van der Waals surface area contributed by atoms with Crippen LogP contribution in [0.1, 0.15) is 51.2 Å². The highest BCUT2D eigenvalue weighted by Crippen LogP contribution is 2.31. The van der Waals surface area contributed by atoms with Crippen LogP contribution in [0.3, 0.4) is 0 Å². The number of nitrogens with zero attached hydrogens (tertiary/aromatic N) is 2. The molecule has 1 aromatic rings. The molecule has 2 heterocycles. The maximum absolute atomic E-state index is 13.6. The zero-order valence-electron chi connectivity index (χ0n) is 15.5. The first-order chi connectivity index (χ1) is 13.4. The molecule has 3 rings (SSSR count). The van der Waals surface area contributed by atoms with Crippen LogP contribution >= 0.6 is 0 Å². The summed E-state index contributed by atoms with van der Waals surface area (Å²) in [4.78, 5) is 27.2. The molecule has 2 aliphatic rings. The minimum atomic E-state index is -1.54. The fourth-order valence-electron chi connectivity index (χ4n) is 3.81. The van der Waals surface area contributed by atoms with Gasteiger partial charge in [0, 0.05) is 0 Å². The van der Waals surface area contributed by atoms with Gasteiger partial charge in [-0.05, 0) is 12.3 Å². The third-order valence-corrected chi connectivity index (χ3v) is 5.43. The number of ether oxygens (including phenoxy) is 2. The molecule has 1 aliphatic carbocycles. The van der Waals surface area contributed by atoms with E-state index in [1.165, 1.54) is 19.3 Å². The Hall–Kier alpha value is -2.04. The number of carbonyl (C=O) groups excluding carboxylic acids is 1. The van der Waals surface area contributed by atoms with E-state index in [0.29, 0.717) is 17.1 Å². The van der Waals surface area contributed by atoms with E-state index in [4.69, 9.17) is 15.2 Å². The molecule has 1 aromatic heterocycles.